The van der Waals surface area contributed by atoms with Crippen molar-refractivity contribution in [2.75, 3.05) is 6.54 Å². The molecule has 0 fully saturated rings. The summed E-state index contributed by atoms with van der Waals surface area (Å²) >= 11 is 0. The maximum Gasteiger partial charge on any atom is 0.315 e. The summed E-state index contributed by atoms with van der Waals surface area (Å²) in [5, 5.41) is 19.5. The maximum absolute atomic E-state index is 11.7. The van der Waals surface area contributed by atoms with E-state index in [2.05, 4.69) is 20.7 Å². The monoisotopic (exact) mass is 269 g/mol. The topological polar surface area (TPSA) is 92.1 Å². The zero-order valence-electron chi connectivity index (χ0n) is 11.8. The number of hydrogen-bond donors (Lipinski definition) is 3. The standard InChI is InChI=1S/C12H23N5O2/c1-4-12(19,5-2)7-14-11(18)16-10(3)6-17-9-13-8-15-17/h8-10,19H,4-7H2,1-3H3,(H2,14,16,18). The Bertz CT molecular complexity index is 375. The van der Waals surface area contributed by atoms with Crippen LogP contribution in [-0.4, -0.2) is 44.1 Å². The van der Waals surface area contributed by atoms with Gasteiger partial charge in [0.2, 0.25) is 0 Å². The maximum atomic E-state index is 11.7. The first-order valence-electron chi connectivity index (χ1n) is 6.58. The molecule has 0 saturated heterocycles. The number of hydrogen-bond acceptors (Lipinski definition) is 4. The summed E-state index contributed by atoms with van der Waals surface area (Å²) in [6.07, 6.45) is 4.27. The predicted molar refractivity (Wildman–Crippen MR) is 71.6 cm³/mol. The molecule has 0 aromatic carbocycles. The van der Waals surface area contributed by atoms with Gasteiger partial charge in [0.05, 0.1) is 12.1 Å². The molecule has 1 heterocycles. The van der Waals surface area contributed by atoms with Gasteiger partial charge < -0.3 is 15.7 Å². The second kappa shape index (κ2) is 7.08. The average molecular weight is 269 g/mol. The zero-order chi connectivity index (χ0) is 14.3. The van der Waals surface area contributed by atoms with E-state index in [1.54, 1.807) is 11.0 Å². The molecule has 0 bridgehead atoms. The first kappa shape index (κ1) is 15.4. The molecule has 108 valence electrons. The summed E-state index contributed by atoms with van der Waals surface area (Å²) in [6, 6.07) is -0.356. The van der Waals surface area contributed by atoms with Gasteiger partial charge >= 0.3 is 6.03 Å². The molecular formula is C12H23N5O2. The van der Waals surface area contributed by atoms with Crippen LogP contribution in [0.2, 0.25) is 0 Å². The van der Waals surface area contributed by atoms with E-state index in [4.69, 9.17) is 0 Å². The van der Waals surface area contributed by atoms with Crippen molar-refractivity contribution in [1.29, 1.82) is 0 Å². The lowest BCUT2D eigenvalue weighted by Gasteiger charge is -2.25. The number of rotatable bonds is 7. The van der Waals surface area contributed by atoms with Crippen LogP contribution >= 0.6 is 0 Å². The Hall–Kier alpha value is -1.63. The molecule has 3 N–H and O–H groups in total. The quantitative estimate of drug-likeness (QED) is 0.673. The normalized spacial score (nSPS) is 13.1. The fraction of sp³-hybridized carbons (Fsp3) is 0.750. The third kappa shape index (κ3) is 5.25. The van der Waals surface area contributed by atoms with Gasteiger partial charge in [0.1, 0.15) is 12.7 Å². The van der Waals surface area contributed by atoms with Gasteiger partial charge in [-0.25, -0.2) is 9.78 Å². The first-order valence-corrected chi connectivity index (χ1v) is 6.58. The number of carbonyl (C=O) groups excluding carboxylic acids is 1. The van der Waals surface area contributed by atoms with Crippen molar-refractivity contribution in [2.24, 2.45) is 0 Å². The van der Waals surface area contributed by atoms with E-state index in [0.29, 0.717) is 19.4 Å². The van der Waals surface area contributed by atoms with Crippen LogP contribution in [0.4, 0.5) is 4.79 Å². The van der Waals surface area contributed by atoms with Crippen LogP contribution in [0.25, 0.3) is 0 Å². The van der Waals surface area contributed by atoms with Crippen LogP contribution in [-0.2, 0) is 6.54 Å². The molecule has 19 heavy (non-hydrogen) atoms. The molecule has 0 aliphatic carbocycles. The van der Waals surface area contributed by atoms with Crippen molar-refractivity contribution >= 4 is 6.03 Å². The van der Waals surface area contributed by atoms with Crippen LogP contribution < -0.4 is 10.6 Å². The van der Waals surface area contributed by atoms with E-state index >= 15 is 0 Å². The largest absolute Gasteiger partial charge is 0.388 e. The summed E-state index contributed by atoms with van der Waals surface area (Å²) in [6.45, 7) is 6.49. The van der Waals surface area contributed by atoms with Crippen LogP contribution in [0, 0.1) is 0 Å². The fourth-order valence-electron chi connectivity index (χ4n) is 1.67. The lowest BCUT2D eigenvalue weighted by Crippen LogP contribution is -2.48. The lowest BCUT2D eigenvalue weighted by molar-refractivity contribution is 0.0348. The molecule has 1 unspecified atom stereocenters. The van der Waals surface area contributed by atoms with Crippen molar-refractivity contribution < 1.29 is 9.90 Å². The van der Waals surface area contributed by atoms with Gasteiger partial charge in [-0.2, -0.15) is 5.10 Å². The second-order valence-corrected chi connectivity index (χ2v) is 4.78. The number of nitrogens with one attached hydrogen (secondary N) is 2. The third-order valence-corrected chi connectivity index (χ3v) is 3.20. The minimum absolute atomic E-state index is 0.0713. The van der Waals surface area contributed by atoms with Crippen molar-refractivity contribution in [1.82, 2.24) is 25.4 Å². The number of urea groups is 1. The molecule has 7 nitrogen and oxygen atoms in total. The molecule has 0 radical (unpaired) electrons. The van der Waals surface area contributed by atoms with Crippen LogP contribution in [0.5, 0.6) is 0 Å². The number of aromatic nitrogens is 3. The Labute approximate surface area is 113 Å². The summed E-state index contributed by atoms with van der Waals surface area (Å²) < 4.78 is 1.65. The van der Waals surface area contributed by atoms with Gasteiger partial charge in [0.25, 0.3) is 0 Å². The highest BCUT2D eigenvalue weighted by atomic mass is 16.3. The van der Waals surface area contributed by atoms with Crippen molar-refractivity contribution in [3.05, 3.63) is 12.7 Å². The van der Waals surface area contributed by atoms with E-state index in [9.17, 15) is 9.90 Å². The van der Waals surface area contributed by atoms with Crippen molar-refractivity contribution in [2.45, 2.75) is 51.8 Å². The Kier molecular flexibility index (Phi) is 5.75. The molecule has 0 aliphatic rings. The van der Waals surface area contributed by atoms with Crippen molar-refractivity contribution in [3.63, 3.8) is 0 Å². The third-order valence-electron chi connectivity index (χ3n) is 3.20. The van der Waals surface area contributed by atoms with E-state index in [0.717, 1.165) is 0 Å². The van der Waals surface area contributed by atoms with Crippen LogP contribution in [0.15, 0.2) is 12.7 Å². The Morgan fingerprint density at radius 3 is 2.68 bits per heavy atom. The summed E-state index contributed by atoms with van der Waals surface area (Å²) in [5.41, 5.74) is -0.827. The summed E-state index contributed by atoms with van der Waals surface area (Å²) in [4.78, 5) is 15.5. The average Bonchev–Trinajstić information content (AvgIpc) is 2.88. The molecule has 1 rings (SSSR count). The molecule has 0 spiro atoms. The molecule has 1 atom stereocenters. The SMILES string of the molecule is CCC(O)(CC)CNC(=O)NC(C)Cn1cncn1. The predicted octanol–water partition coefficient (Wildman–Crippen LogP) is 0.517. The Morgan fingerprint density at radius 2 is 2.16 bits per heavy atom. The van der Waals surface area contributed by atoms with Gasteiger partial charge in [-0.1, -0.05) is 13.8 Å². The van der Waals surface area contributed by atoms with Gasteiger partial charge in [0, 0.05) is 12.6 Å². The van der Waals surface area contributed by atoms with Gasteiger partial charge in [-0.05, 0) is 19.8 Å². The number of carbonyl (C=O) groups is 1. The first-order chi connectivity index (χ1) is 8.99. The highest BCUT2D eigenvalue weighted by Crippen LogP contribution is 2.12. The minimum Gasteiger partial charge on any atom is -0.388 e. The smallest absolute Gasteiger partial charge is 0.315 e. The number of amides is 2. The lowest BCUT2D eigenvalue weighted by atomic mass is 9.98. The molecular weight excluding hydrogens is 246 g/mol. The zero-order valence-corrected chi connectivity index (χ0v) is 11.8. The fourth-order valence-corrected chi connectivity index (χ4v) is 1.67. The number of aliphatic hydroxyl groups is 1. The highest BCUT2D eigenvalue weighted by Gasteiger charge is 2.22. The molecule has 1 aromatic rings. The molecule has 1 aromatic heterocycles. The van der Waals surface area contributed by atoms with E-state index < -0.39 is 5.60 Å². The van der Waals surface area contributed by atoms with Gasteiger partial charge in [-0.15, -0.1) is 0 Å². The second-order valence-electron chi connectivity index (χ2n) is 4.78. The highest BCUT2D eigenvalue weighted by molar-refractivity contribution is 5.74. The van der Waals surface area contributed by atoms with E-state index in [-0.39, 0.29) is 18.6 Å². The summed E-state index contributed by atoms with van der Waals surface area (Å²) in [7, 11) is 0. The Morgan fingerprint density at radius 1 is 1.47 bits per heavy atom. The summed E-state index contributed by atoms with van der Waals surface area (Å²) in [5.74, 6) is 0. The van der Waals surface area contributed by atoms with E-state index in [1.165, 1.54) is 6.33 Å². The van der Waals surface area contributed by atoms with Gasteiger partial charge in [-0.3, -0.25) is 4.68 Å². The van der Waals surface area contributed by atoms with Crippen molar-refractivity contribution in [3.8, 4) is 0 Å². The van der Waals surface area contributed by atoms with Crippen LogP contribution in [0.3, 0.4) is 0 Å². The van der Waals surface area contributed by atoms with Gasteiger partial charge in [0.15, 0.2) is 0 Å². The van der Waals surface area contributed by atoms with Crippen LogP contribution in [0.1, 0.15) is 33.6 Å². The minimum atomic E-state index is -0.827. The number of nitrogens with zero attached hydrogens (tertiary/aromatic N) is 3. The Balaban J connectivity index is 2.31. The molecule has 0 saturated carbocycles. The molecule has 7 heteroatoms. The molecule has 2 amide bonds. The van der Waals surface area contributed by atoms with E-state index in [1.807, 2.05) is 20.8 Å². The molecule has 0 aliphatic heterocycles.